The van der Waals surface area contributed by atoms with Crippen LogP contribution in [0.4, 0.5) is 0 Å². The van der Waals surface area contributed by atoms with Gasteiger partial charge in [0.15, 0.2) is 0 Å². The Kier molecular flexibility index (Phi) is 6.34. The van der Waals surface area contributed by atoms with Gasteiger partial charge in [-0.3, -0.25) is 0 Å². The lowest BCUT2D eigenvalue weighted by atomic mass is 9.97. The summed E-state index contributed by atoms with van der Waals surface area (Å²) in [7, 11) is 1.70. The molecule has 0 heterocycles. The van der Waals surface area contributed by atoms with Gasteiger partial charge in [-0.25, -0.2) is 0 Å². The van der Waals surface area contributed by atoms with Crippen LogP contribution >= 0.6 is 11.6 Å². The lowest BCUT2D eigenvalue weighted by Gasteiger charge is -2.28. The van der Waals surface area contributed by atoms with Crippen molar-refractivity contribution in [2.45, 2.75) is 45.3 Å². The molecule has 0 radical (unpaired) electrons. The van der Waals surface area contributed by atoms with Gasteiger partial charge in [0.25, 0.3) is 0 Å². The summed E-state index contributed by atoms with van der Waals surface area (Å²) in [6, 6.07) is 6.11. The maximum absolute atomic E-state index is 6.14. The highest BCUT2D eigenvalue weighted by Gasteiger charge is 2.37. The van der Waals surface area contributed by atoms with E-state index in [0.717, 1.165) is 35.9 Å². The average Bonchev–Trinajstić information content (AvgIpc) is 3.29. The van der Waals surface area contributed by atoms with Gasteiger partial charge in [0.1, 0.15) is 5.75 Å². The molecule has 0 spiro atoms. The maximum atomic E-state index is 6.14. The Morgan fingerprint density at radius 3 is 2.67 bits per heavy atom. The van der Waals surface area contributed by atoms with Crippen LogP contribution in [0, 0.1) is 5.92 Å². The fourth-order valence-corrected chi connectivity index (χ4v) is 3.10. The molecule has 1 aliphatic rings. The van der Waals surface area contributed by atoms with Crippen molar-refractivity contribution < 1.29 is 9.47 Å². The fourth-order valence-electron chi connectivity index (χ4n) is 2.91. The van der Waals surface area contributed by atoms with E-state index in [4.69, 9.17) is 21.1 Å². The van der Waals surface area contributed by atoms with Gasteiger partial charge >= 0.3 is 0 Å². The molecule has 118 valence electrons. The molecule has 1 N–H and O–H groups in total. The first-order valence-corrected chi connectivity index (χ1v) is 8.24. The lowest BCUT2D eigenvalue weighted by molar-refractivity contribution is 0.0195. The van der Waals surface area contributed by atoms with Crippen molar-refractivity contribution in [3.05, 3.63) is 28.8 Å². The van der Waals surface area contributed by atoms with Crippen molar-refractivity contribution >= 4 is 11.6 Å². The minimum absolute atomic E-state index is 0.277. The molecule has 2 atom stereocenters. The topological polar surface area (TPSA) is 30.5 Å². The molecule has 3 nitrogen and oxygen atoms in total. The molecule has 1 aromatic carbocycles. The number of methoxy groups -OCH3 is 1. The van der Waals surface area contributed by atoms with Crippen LogP contribution in [0.15, 0.2) is 18.2 Å². The van der Waals surface area contributed by atoms with Crippen molar-refractivity contribution in [2.24, 2.45) is 5.92 Å². The van der Waals surface area contributed by atoms with Crippen LogP contribution < -0.4 is 10.1 Å². The zero-order valence-corrected chi connectivity index (χ0v) is 14.0. The first kappa shape index (κ1) is 16.6. The molecule has 0 aromatic heterocycles. The number of benzene rings is 1. The molecular weight excluding hydrogens is 286 g/mol. The van der Waals surface area contributed by atoms with E-state index in [0.29, 0.717) is 12.0 Å². The van der Waals surface area contributed by atoms with Crippen molar-refractivity contribution in [1.29, 1.82) is 0 Å². The van der Waals surface area contributed by atoms with Crippen molar-refractivity contribution in [1.82, 2.24) is 5.32 Å². The Morgan fingerprint density at radius 2 is 2.10 bits per heavy atom. The molecule has 2 unspecified atom stereocenters. The number of likely N-dealkylation sites (N-methyl/N-ethyl adjacent to an activating group) is 1. The Balaban J connectivity index is 2.16. The third-order valence-electron chi connectivity index (χ3n) is 3.99. The van der Waals surface area contributed by atoms with E-state index in [9.17, 15) is 0 Å². The lowest BCUT2D eigenvalue weighted by Crippen LogP contribution is -2.44. The monoisotopic (exact) mass is 311 g/mol. The molecule has 2 rings (SSSR count). The number of hydrogen-bond acceptors (Lipinski definition) is 3. The number of ether oxygens (including phenoxy) is 2. The zero-order chi connectivity index (χ0) is 15.2. The van der Waals surface area contributed by atoms with Crippen LogP contribution in [0.25, 0.3) is 0 Å². The van der Waals surface area contributed by atoms with Crippen molar-refractivity contribution in [2.75, 3.05) is 20.3 Å². The van der Waals surface area contributed by atoms with Gasteiger partial charge in [-0.2, -0.15) is 0 Å². The second kappa shape index (κ2) is 8.02. The predicted molar refractivity (Wildman–Crippen MR) is 87.3 cm³/mol. The van der Waals surface area contributed by atoms with Gasteiger partial charge in [-0.05, 0) is 62.4 Å². The van der Waals surface area contributed by atoms with Crippen molar-refractivity contribution in [3.63, 3.8) is 0 Å². The van der Waals surface area contributed by atoms with E-state index in [1.54, 1.807) is 7.11 Å². The minimum atomic E-state index is 0.277. The molecule has 0 bridgehead atoms. The summed E-state index contributed by atoms with van der Waals surface area (Å²) in [6.45, 7) is 5.90. The number of rotatable bonds is 9. The summed E-state index contributed by atoms with van der Waals surface area (Å²) in [6.07, 6.45) is 3.70. The summed E-state index contributed by atoms with van der Waals surface area (Å²) < 4.78 is 11.5. The molecule has 4 heteroatoms. The minimum Gasteiger partial charge on any atom is -0.496 e. The summed E-state index contributed by atoms with van der Waals surface area (Å²) in [5, 5.41) is 4.33. The second-order valence-electron chi connectivity index (χ2n) is 5.58. The molecule has 0 saturated heterocycles. The third kappa shape index (κ3) is 4.60. The van der Waals surface area contributed by atoms with E-state index in [1.165, 1.54) is 12.8 Å². The first-order chi connectivity index (χ1) is 10.2. The Labute approximate surface area is 133 Å². The Bertz CT molecular complexity index is 448. The van der Waals surface area contributed by atoms with Gasteiger partial charge in [0.05, 0.1) is 13.2 Å². The van der Waals surface area contributed by atoms with Crippen LogP contribution in [-0.2, 0) is 11.2 Å². The molecule has 0 aliphatic heterocycles. The average molecular weight is 312 g/mol. The summed E-state index contributed by atoms with van der Waals surface area (Å²) in [4.78, 5) is 0. The van der Waals surface area contributed by atoms with Gasteiger partial charge in [0, 0.05) is 17.7 Å². The molecular formula is C17H26ClNO2. The third-order valence-corrected chi connectivity index (χ3v) is 4.23. The molecule has 1 saturated carbocycles. The van der Waals surface area contributed by atoms with Gasteiger partial charge in [-0.1, -0.05) is 18.5 Å². The van der Waals surface area contributed by atoms with Gasteiger partial charge in [0.2, 0.25) is 0 Å². The Morgan fingerprint density at radius 1 is 1.33 bits per heavy atom. The molecule has 0 amide bonds. The van der Waals surface area contributed by atoms with Crippen LogP contribution in [0.5, 0.6) is 5.75 Å². The first-order valence-electron chi connectivity index (χ1n) is 7.87. The highest BCUT2D eigenvalue weighted by Crippen LogP contribution is 2.37. The molecule has 1 aromatic rings. The molecule has 1 aliphatic carbocycles. The fraction of sp³-hybridized carbons (Fsp3) is 0.647. The Hall–Kier alpha value is -0.770. The van der Waals surface area contributed by atoms with Crippen LogP contribution in [0.3, 0.4) is 0 Å². The smallest absolute Gasteiger partial charge is 0.122 e. The second-order valence-corrected chi connectivity index (χ2v) is 6.02. The standard InChI is InChI=1S/C17H26ClNO2/c1-4-19-15(17(21-5-2)12-6-7-12)11-13-10-14(18)8-9-16(13)20-3/h8-10,12,15,17,19H,4-7,11H2,1-3H3. The highest BCUT2D eigenvalue weighted by molar-refractivity contribution is 6.30. The van der Waals surface area contributed by atoms with E-state index < -0.39 is 0 Å². The van der Waals surface area contributed by atoms with Gasteiger partial charge < -0.3 is 14.8 Å². The molecule has 1 fully saturated rings. The normalized spacial score (nSPS) is 17.5. The summed E-state index contributed by atoms with van der Waals surface area (Å²) in [5.74, 6) is 1.59. The van der Waals surface area contributed by atoms with Crippen LogP contribution in [-0.4, -0.2) is 32.4 Å². The SMILES string of the molecule is CCNC(Cc1cc(Cl)ccc1OC)C(OCC)C1CC1. The zero-order valence-electron chi connectivity index (χ0n) is 13.2. The van der Waals surface area contributed by atoms with Gasteiger partial charge in [-0.15, -0.1) is 0 Å². The number of nitrogens with one attached hydrogen (secondary N) is 1. The summed E-state index contributed by atoms with van der Waals surface area (Å²) >= 11 is 6.14. The summed E-state index contributed by atoms with van der Waals surface area (Å²) in [5.41, 5.74) is 1.14. The van der Waals surface area contributed by atoms with E-state index >= 15 is 0 Å². The van der Waals surface area contributed by atoms with Crippen LogP contribution in [0.2, 0.25) is 5.02 Å². The molecule has 21 heavy (non-hydrogen) atoms. The predicted octanol–water partition coefficient (Wildman–Crippen LogP) is 3.68. The largest absolute Gasteiger partial charge is 0.496 e. The van der Waals surface area contributed by atoms with E-state index in [1.807, 2.05) is 18.2 Å². The quantitative estimate of drug-likeness (QED) is 0.754. The van der Waals surface area contributed by atoms with E-state index in [2.05, 4.69) is 19.2 Å². The van der Waals surface area contributed by atoms with E-state index in [-0.39, 0.29) is 6.10 Å². The van der Waals surface area contributed by atoms with Crippen LogP contribution in [0.1, 0.15) is 32.3 Å². The highest BCUT2D eigenvalue weighted by atomic mass is 35.5. The number of halogens is 1. The maximum Gasteiger partial charge on any atom is 0.122 e. The van der Waals surface area contributed by atoms with Crippen molar-refractivity contribution in [3.8, 4) is 5.75 Å². The number of hydrogen-bond donors (Lipinski definition) is 1.